The lowest BCUT2D eigenvalue weighted by atomic mass is 10.3. The third kappa shape index (κ3) is 2.19. The fraction of sp³-hybridized carbons (Fsp3) is 0.308. The van der Waals surface area contributed by atoms with E-state index in [-0.39, 0.29) is 0 Å². The molecule has 0 unspecified atom stereocenters. The van der Waals surface area contributed by atoms with Crippen molar-refractivity contribution in [3.8, 4) is 5.82 Å². The molecule has 5 nitrogen and oxygen atoms in total. The van der Waals surface area contributed by atoms with Gasteiger partial charge in [-0.15, -0.1) is 11.3 Å². The van der Waals surface area contributed by atoms with Gasteiger partial charge in [-0.1, -0.05) is 6.92 Å². The number of rotatable bonds is 4. The van der Waals surface area contributed by atoms with Crippen LogP contribution in [0, 0.1) is 0 Å². The van der Waals surface area contributed by atoms with E-state index in [0.29, 0.717) is 5.95 Å². The van der Waals surface area contributed by atoms with Gasteiger partial charge in [-0.3, -0.25) is 0 Å². The molecule has 0 fully saturated rings. The number of hydrogen-bond acceptors (Lipinski definition) is 5. The van der Waals surface area contributed by atoms with E-state index >= 15 is 0 Å². The van der Waals surface area contributed by atoms with Crippen molar-refractivity contribution < 1.29 is 0 Å². The largest absolute Gasteiger partial charge is 0.354 e. The van der Waals surface area contributed by atoms with Crippen molar-refractivity contribution in [1.82, 2.24) is 19.7 Å². The fourth-order valence-corrected chi connectivity index (χ4v) is 2.90. The lowest BCUT2D eigenvalue weighted by Gasteiger charge is -2.06. The van der Waals surface area contributed by atoms with Gasteiger partial charge in [-0.05, 0) is 25.5 Å². The second-order valence-electron chi connectivity index (χ2n) is 4.14. The molecule has 0 aliphatic heterocycles. The van der Waals surface area contributed by atoms with Gasteiger partial charge in [0.25, 0.3) is 0 Å². The molecule has 3 rings (SSSR count). The van der Waals surface area contributed by atoms with E-state index in [1.54, 1.807) is 22.2 Å². The molecule has 3 aromatic heterocycles. The van der Waals surface area contributed by atoms with Crippen LogP contribution in [0.1, 0.15) is 18.7 Å². The fourth-order valence-electron chi connectivity index (χ4n) is 1.94. The number of aryl methyl sites for hydroxylation is 1. The molecule has 19 heavy (non-hydrogen) atoms. The van der Waals surface area contributed by atoms with E-state index in [2.05, 4.69) is 33.4 Å². The highest BCUT2D eigenvalue weighted by Gasteiger charge is 2.12. The molecule has 0 aliphatic carbocycles. The first-order valence-electron chi connectivity index (χ1n) is 6.36. The van der Waals surface area contributed by atoms with E-state index in [9.17, 15) is 0 Å². The maximum Gasteiger partial charge on any atom is 0.226 e. The van der Waals surface area contributed by atoms with Gasteiger partial charge in [0.15, 0.2) is 5.82 Å². The number of anilines is 1. The first-order valence-corrected chi connectivity index (χ1v) is 7.17. The van der Waals surface area contributed by atoms with Crippen LogP contribution in [0.15, 0.2) is 24.5 Å². The SMILES string of the molecule is CCNc1nc(-n2cccn2)c2cc(CC)sc2n1. The summed E-state index contributed by atoms with van der Waals surface area (Å²) in [7, 11) is 0. The molecule has 98 valence electrons. The number of nitrogens with one attached hydrogen (secondary N) is 1. The van der Waals surface area contributed by atoms with Gasteiger partial charge < -0.3 is 5.32 Å². The normalized spacial score (nSPS) is 11.1. The highest BCUT2D eigenvalue weighted by Crippen LogP contribution is 2.29. The first kappa shape index (κ1) is 12.1. The first-order chi connectivity index (χ1) is 9.31. The van der Waals surface area contributed by atoms with Crippen molar-refractivity contribution in [2.24, 2.45) is 0 Å². The van der Waals surface area contributed by atoms with Crippen LogP contribution in [-0.4, -0.2) is 26.3 Å². The summed E-state index contributed by atoms with van der Waals surface area (Å²) in [5.74, 6) is 1.49. The van der Waals surface area contributed by atoms with Crippen LogP contribution in [0.4, 0.5) is 5.95 Å². The molecule has 3 heterocycles. The average Bonchev–Trinajstić information content (AvgIpc) is 3.07. The molecule has 0 aromatic carbocycles. The van der Waals surface area contributed by atoms with Gasteiger partial charge in [-0.25, -0.2) is 9.67 Å². The zero-order chi connectivity index (χ0) is 13.2. The second-order valence-corrected chi connectivity index (χ2v) is 5.25. The standard InChI is InChI=1S/C13H15N5S/c1-3-9-8-10-11(18-7-5-6-15-18)16-13(14-4-2)17-12(10)19-9/h5-8H,3-4H2,1-2H3,(H,14,16,17). The Morgan fingerprint density at radius 2 is 2.21 bits per heavy atom. The molecule has 0 amide bonds. The van der Waals surface area contributed by atoms with Crippen molar-refractivity contribution in [3.05, 3.63) is 29.4 Å². The predicted molar refractivity (Wildman–Crippen MR) is 78.1 cm³/mol. The minimum Gasteiger partial charge on any atom is -0.354 e. The summed E-state index contributed by atoms with van der Waals surface area (Å²) in [6.07, 6.45) is 4.67. The topological polar surface area (TPSA) is 55.6 Å². The summed E-state index contributed by atoms with van der Waals surface area (Å²) >= 11 is 1.72. The molecule has 0 saturated heterocycles. The summed E-state index contributed by atoms with van der Waals surface area (Å²) in [5.41, 5.74) is 0. The van der Waals surface area contributed by atoms with Gasteiger partial charge in [0.2, 0.25) is 5.95 Å². The van der Waals surface area contributed by atoms with Crippen LogP contribution >= 0.6 is 11.3 Å². The summed E-state index contributed by atoms with van der Waals surface area (Å²) < 4.78 is 1.79. The number of hydrogen-bond donors (Lipinski definition) is 1. The quantitative estimate of drug-likeness (QED) is 0.794. The Kier molecular flexibility index (Phi) is 3.16. The van der Waals surface area contributed by atoms with Crippen molar-refractivity contribution in [2.45, 2.75) is 20.3 Å². The zero-order valence-electron chi connectivity index (χ0n) is 10.9. The number of thiophene rings is 1. The van der Waals surface area contributed by atoms with Gasteiger partial charge in [0.05, 0.1) is 5.39 Å². The summed E-state index contributed by atoms with van der Waals surface area (Å²) in [6.45, 7) is 4.99. The molecule has 0 saturated carbocycles. The molecule has 0 radical (unpaired) electrons. The molecule has 1 N–H and O–H groups in total. The Morgan fingerprint density at radius 1 is 1.32 bits per heavy atom. The number of nitrogens with zero attached hydrogens (tertiary/aromatic N) is 4. The van der Waals surface area contributed by atoms with Crippen molar-refractivity contribution in [1.29, 1.82) is 0 Å². The Labute approximate surface area is 115 Å². The van der Waals surface area contributed by atoms with Crippen LogP contribution < -0.4 is 5.32 Å². The predicted octanol–water partition coefficient (Wildman–Crippen LogP) is 2.87. The second kappa shape index (κ2) is 4.97. The average molecular weight is 273 g/mol. The summed E-state index contributed by atoms with van der Waals surface area (Å²) in [4.78, 5) is 11.4. The van der Waals surface area contributed by atoms with Crippen LogP contribution in [0.25, 0.3) is 16.0 Å². The van der Waals surface area contributed by atoms with E-state index in [1.807, 2.05) is 19.2 Å². The van der Waals surface area contributed by atoms with Crippen LogP contribution in [0.5, 0.6) is 0 Å². The Hall–Kier alpha value is -1.95. The third-order valence-corrected chi connectivity index (χ3v) is 4.00. The molecule has 0 aliphatic rings. The number of aromatic nitrogens is 4. The van der Waals surface area contributed by atoms with Crippen molar-refractivity contribution in [2.75, 3.05) is 11.9 Å². The number of fused-ring (bicyclic) bond motifs is 1. The molecule has 6 heteroatoms. The van der Waals surface area contributed by atoms with Gasteiger partial charge in [0.1, 0.15) is 4.83 Å². The lowest BCUT2D eigenvalue weighted by Crippen LogP contribution is -2.06. The van der Waals surface area contributed by atoms with Gasteiger partial charge in [0, 0.05) is 23.8 Å². The zero-order valence-corrected chi connectivity index (χ0v) is 11.7. The molecule has 0 bridgehead atoms. The maximum absolute atomic E-state index is 4.57. The van der Waals surface area contributed by atoms with Crippen LogP contribution in [-0.2, 0) is 6.42 Å². The molecule has 0 atom stereocenters. The minimum absolute atomic E-state index is 0.657. The third-order valence-electron chi connectivity index (χ3n) is 2.83. The van der Waals surface area contributed by atoms with Gasteiger partial charge in [-0.2, -0.15) is 10.1 Å². The van der Waals surface area contributed by atoms with Gasteiger partial charge >= 0.3 is 0 Å². The highest BCUT2D eigenvalue weighted by atomic mass is 32.1. The summed E-state index contributed by atoms with van der Waals surface area (Å²) in [6, 6.07) is 4.06. The summed E-state index contributed by atoms with van der Waals surface area (Å²) in [5, 5.41) is 8.51. The minimum atomic E-state index is 0.657. The molecule has 3 aromatic rings. The van der Waals surface area contributed by atoms with Crippen LogP contribution in [0.3, 0.4) is 0 Å². The smallest absolute Gasteiger partial charge is 0.226 e. The van der Waals surface area contributed by atoms with Crippen LogP contribution in [0.2, 0.25) is 0 Å². The molecular formula is C13H15N5S. The Bertz CT molecular complexity index is 686. The van der Waals surface area contributed by atoms with E-state index in [1.165, 1.54) is 4.88 Å². The van der Waals surface area contributed by atoms with E-state index < -0.39 is 0 Å². The Balaban J connectivity index is 2.24. The van der Waals surface area contributed by atoms with Crippen molar-refractivity contribution >= 4 is 27.5 Å². The lowest BCUT2D eigenvalue weighted by molar-refractivity contribution is 0.851. The molecule has 0 spiro atoms. The maximum atomic E-state index is 4.57. The Morgan fingerprint density at radius 3 is 2.89 bits per heavy atom. The van der Waals surface area contributed by atoms with E-state index in [4.69, 9.17) is 0 Å². The molecular weight excluding hydrogens is 258 g/mol. The van der Waals surface area contributed by atoms with Crippen molar-refractivity contribution in [3.63, 3.8) is 0 Å². The highest BCUT2D eigenvalue weighted by molar-refractivity contribution is 7.18. The van der Waals surface area contributed by atoms with E-state index in [0.717, 1.165) is 29.0 Å². The monoisotopic (exact) mass is 273 g/mol.